The van der Waals surface area contributed by atoms with Gasteiger partial charge in [0.05, 0.1) is 17.0 Å². The minimum Gasteiger partial charge on any atom is -0.443 e. The van der Waals surface area contributed by atoms with Gasteiger partial charge in [-0.15, -0.1) is 4.90 Å². The normalized spacial score (nSPS) is 14.9. The summed E-state index contributed by atoms with van der Waals surface area (Å²) < 4.78 is 11.1. The van der Waals surface area contributed by atoms with Gasteiger partial charge in [-0.1, -0.05) is 42.5 Å². The molecule has 1 aromatic heterocycles. The van der Waals surface area contributed by atoms with E-state index in [1.165, 1.54) is 12.8 Å². The number of nitrogens with zero attached hydrogens (tertiary/aromatic N) is 4. The molecule has 9 nitrogen and oxygen atoms in total. The van der Waals surface area contributed by atoms with E-state index in [0.29, 0.717) is 38.5 Å². The maximum atomic E-state index is 13.8. The van der Waals surface area contributed by atoms with Crippen LogP contribution >= 0.6 is 0 Å². The number of carbonyl (C=O) groups is 3. The van der Waals surface area contributed by atoms with Crippen LogP contribution in [0.5, 0.6) is 0 Å². The van der Waals surface area contributed by atoms with Crippen LogP contribution in [0.2, 0.25) is 0 Å². The standard InChI is InChI=1S/C32H36N4O5/c1-31(2,3)40-29(38)36(30(39)41-32(4,5)6)28-33-25(21-12-8-7-9-13-21)24-26(34-28)23-18-20(14-15-22(23)27(24)37)19-35-16-10-11-17-35/h7-9,12-15,18H,10-11,16-17,19H2,1-6H3. The van der Waals surface area contributed by atoms with Gasteiger partial charge < -0.3 is 9.47 Å². The lowest BCUT2D eigenvalue weighted by Crippen LogP contribution is -2.44. The molecular formula is C32H36N4O5. The highest BCUT2D eigenvalue weighted by Crippen LogP contribution is 2.41. The van der Waals surface area contributed by atoms with Crippen molar-refractivity contribution < 1.29 is 23.9 Å². The molecule has 0 radical (unpaired) electrons. The first-order chi connectivity index (χ1) is 19.3. The Morgan fingerprint density at radius 1 is 0.829 bits per heavy atom. The number of likely N-dealkylation sites (tertiary alicyclic amines) is 1. The van der Waals surface area contributed by atoms with E-state index in [1.54, 1.807) is 41.5 Å². The van der Waals surface area contributed by atoms with Crippen molar-refractivity contribution in [2.45, 2.75) is 72.1 Å². The molecule has 9 heteroatoms. The van der Waals surface area contributed by atoms with Crippen LogP contribution in [0.15, 0.2) is 48.5 Å². The molecule has 0 unspecified atom stereocenters. The second-order valence-electron chi connectivity index (χ2n) is 12.5. The van der Waals surface area contributed by atoms with Gasteiger partial charge in [-0.2, -0.15) is 0 Å². The Bertz CT molecular complexity index is 1470. The fraction of sp³-hybridized carbons (Fsp3) is 0.406. The predicted molar refractivity (Wildman–Crippen MR) is 156 cm³/mol. The van der Waals surface area contributed by atoms with Crippen LogP contribution in [-0.2, 0) is 16.0 Å². The number of ether oxygens (including phenoxy) is 2. The highest BCUT2D eigenvalue weighted by molar-refractivity contribution is 6.24. The molecule has 41 heavy (non-hydrogen) atoms. The van der Waals surface area contributed by atoms with Crippen LogP contribution < -0.4 is 4.90 Å². The first-order valence-electron chi connectivity index (χ1n) is 13.9. The Labute approximate surface area is 240 Å². The zero-order chi connectivity index (χ0) is 29.5. The van der Waals surface area contributed by atoms with Crippen molar-refractivity contribution in [1.82, 2.24) is 14.9 Å². The first kappa shape index (κ1) is 28.4. The van der Waals surface area contributed by atoms with Crippen LogP contribution in [-0.4, -0.2) is 57.1 Å². The van der Waals surface area contributed by atoms with E-state index in [1.807, 2.05) is 48.5 Å². The van der Waals surface area contributed by atoms with Gasteiger partial charge in [0.15, 0.2) is 5.78 Å². The third-order valence-corrected chi connectivity index (χ3v) is 6.71. The van der Waals surface area contributed by atoms with Gasteiger partial charge in [-0.25, -0.2) is 19.6 Å². The molecule has 0 spiro atoms. The molecule has 0 N–H and O–H groups in total. The van der Waals surface area contributed by atoms with Crippen molar-refractivity contribution in [2.75, 3.05) is 18.0 Å². The summed E-state index contributed by atoms with van der Waals surface area (Å²) in [5.74, 6) is -0.425. The van der Waals surface area contributed by atoms with E-state index in [0.717, 1.165) is 25.2 Å². The van der Waals surface area contributed by atoms with Crippen molar-refractivity contribution in [3.05, 3.63) is 65.2 Å². The zero-order valence-corrected chi connectivity index (χ0v) is 24.5. The van der Waals surface area contributed by atoms with Gasteiger partial charge in [0.25, 0.3) is 0 Å². The molecule has 1 saturated heterocycles. The number of fused-ring (bicyclic) bond motifs is 3. The van der Waals surface area contributed by atoms with Crippen LogP contribution in [0.4, 0.5) is 15.5 Å². The average Bonchev–Trinajstić information content (AvgIpc) is 3.48. The maximum Gasteiger partial charge on any atom is 0.427 e. The molecule has 2 aliphatic rings. The summed E-state index contributed by atoms with van der Waals surface area (Å²) in [4.78, 5) is 53.1. The third-order valence-electron chi connectivity index (χ3n) is 6.71. The molecule has 1 aliphatic carbocycles. The Kier molecular flexibility index (Phi) is 7.42. The number of hydrogen-bond donors (Lipinski definition) is 0. The van der Waals surface area contributed by atoms with E-state index in [9.17, 15) is 14.4 Å². The Morgan fingerprint density at radius 3 is 2.00 bits per heavy atom. The topological polar surface area (TPSA) is 102 Å². The SMILES string of the molecule is CC(C)(C)OC(=O)N(C(=O)OC(C)(C)C)c1nc(-c2ccccc2)c2c(n1)-c1cc(CN3CCCC3)ccc1C2=O. The number of rotatable bonds is 4. The van der Waals surface area contributed by atoms with Crippen LogP contribution in [0.1, 0.15) is 75.9 Å². The summed E-state index contributed by atoms with van der Waals surface area (Å²) in [5, 5.41) is 0. The molecule has 2 heterocycles. The number of benzene rings is 2. The average molecular weight is 557 g/mol. The molecule has 5 rings (SSSR count). The fourth-order valence-corrected chi connectivity index (χ4v) is 5.03. The molecule has 1 aliphatic heterocycles. The lowest BCUT2D eigenvalue weighted by Gasteiger charge is -2.28. The molecule has 2 aromatic carbocycles. The molecule has 1 fully saturated rings. The predicted octanol–water partition coefficient (Wildman–Crippen LogP) is 6.63. The third kappa shape index (κ3) is 6.15. The van der Waals surface area contributed by atoms with E-state index in [4.69, 9.17) is 9.47 Å². The zero-order valence-electron chi connectivity index (χ0n) is 24.5. The molecule has 0 saturated carbocycles. The Hall–Kier alpha value is -4.11. The number of aromatic nitrogens is 2. The van der Waals surface area contributed by atoms with Crippen LogP contribution in [0.25, 0.3) is 22.5 Å². The van der Waals surface area contributed by atoms with Crippen LogP contribution in [0, 0.1) is 0 Å². The second kappa shape index (κ2) is 10.7. The van der Waals surface area contributed by atoms with E-state index >= 15 is 0 Å². The number of hydrogen-bond acceptors (Lipinski definition) is 8. The summed E-state index contributed by atoms with van der Waals surface area (Å²) in [6, 6.07) is 15.0. The van der Waals surface area contributed by atoms with Gasteiger partial charge in [0.1, 0.15) is 11.2 Å². The molecular weight excluding hydrogens is 520 g/mol. The highest BCUT2D eigenvalue weighted by atomic mass is 16.6. The van der Waals surface area contributed by atoms with Gasteiger partial charge in [0.2, 0.25) is 5.95 Å². The van der Waals surface area contributed by atoms with E-state index in [2.05, 4.69) is 14.9 Å². The minimum atomic E-state index is -0.974. The Balaban J connectivity index is 1.69. The van der Waals surface area contributed by atoms with Gasteiger partial charge in [-0.05, 0) is 79.1 Å². The van der Waals surface area contributed by atoms with Crippen molar-refractivity contribution in [3.63, 3.8) is 0 Å². The Morgan fingerprint density at radius 2 is 1.41 bits per heavy atom. The van der Waals surface area contributed by atoms with Gasteiger partial charge >= 0.3 is 12.2 Å². The molecule has 2 amide bonds. The monoisotopic (exact) mass is 556 g/mol. The van der Waals surface area contributed by atoms with Gasteiger partial charge in [-0.3, -0.25) is 9.69 Å². The van der Waals surface area contributed by atoms with Crippen molar-refractivity contribution in [2.24, 2.45) is 0 Å². The van der Waals surface area contributed by atoms with E-state index in [-0.39, 0.29) is 11.7 Å². The van der Waals surface area contributed by atoms with Crippen molar-refractivity contribution >= 4 is 23.9 Å². The summed E-state index contributed by atoms with van der Waals surface area (Å²) >= 11 is 0. The lowest BCUT2D eigenvalue weighted by atomic mass is 10.0. The molecule has 0 bridgehead atoms. The molecule has 0 atom stereocenters. The minimum absolute atomic E-state index is 0.200. The maximum absolute atomic E-state index is 13.8. The van der Waals surface area contributed by atoms with Gasteiger partial charge in [0, 0.05) is 23.2 Å². The fourth-order valence-electron chi connectivity index (χ4n) is 5.03. The number of anilines is 1. The number of ketones is 1. The van der Waals surface area contributed by atoms with E-state index < -0.39 is 23.4 Å². The van der Waals surface area contributed by atoms with Crippen molar-refractivity contribution in [3.8, 4) is 22.5 Å². The quantitative estimate of drug-likeness (QED) is 0.276. The number of carbonyl (C=O) groups excluding carboxylic acids is 3. The summed E-state index contributed by atoms with van der Waals surface area (Å²) in [6.07, 6.45) is 0.402. The smallest absolute Gasteiger partial charge is 0.427 e. The first-order valence-corrected chi connectivity index (χ1v) is 13.9. The summed E-state index contributed by atoms with van der Waals surface area (Å²) in [7, 11) is 0. The number of imide groups is 1. The summed E-state index contributed by atoms with van der Waals surface area (Å²) in [5.41, 5.74) is 2.10. The lowest BCUT2D eigenvalue weighted by molar-refractivity contribution is 0.0427. The summed E-state index contributed by atoms with van der Waals surface area (Å²) in [6.45, 7) is 13.1. The number of amides is 2. The molecule has 3 aromatic rings. The van der Waals surface area contributed by atoms with Crippen molar-refractivity contribution in [1.29, 1.82) is 0 Å². The van der Waals surface area contributed by atoms with Crippen LogP contribution in [0.3, 0.4) is 0 Å². The largest absolute Gasteiger partial charge is 0.443 e. The highest BCUT2D eigenvalue weighted by Gasteiger charge is 2.39. The molecule has 214 valence electrons. The second-order valence-corrected chi connectivity index (χ2v) is 12.5.